The molecule has 2 heteroatoms. The normalized spacial score (nSPS) is 32.3. The molecule has 1 aliphatic heterocycles. The highest BCUT2D eigenvalue weighted by molar-refractivity contribution is 5.81. The molecule has 0 aromatic heterocycles. The quantitative estimate of drug-likeness (QED) is 0.547. The zero-order chi connectivity index (χ0) is 7.78. The molecule has 0 aliphatic carbocycles. The number of hydrogen-bond donors (Lipinski definition) is 1. The van der Waals surface area contributed by atoms with Gasteiger partial charge in [-0.2, -0.15) is 0 Å². The lowest BCUT2D eigenvalue weighted by Gasteiger charge is -2.34. The van der Waals surface area contributed by atoms with Gasteiger partial charge in [-0.1, -0.05) is 0 Å². The number of carbonyl (C=O) groups is 1. The molecule has 0 amide bonds. The molecule has 1 rings (SSSR count). The van der Waals surface area contributed by atoms with E-state index in [9.17, 15) is 4.79 Å². The first-order chi connectivity index (χ1) is 4.49. The summed E-state index contributed by atoms with van der Waals surface area (Å²) in [6.45, 7) is 6.19. The van der Waals surface area contributed by atoms with Gasteiger partial charge in [0.1, 0.15) is 5.78 Å². The first-order valence-corrected chi connectivity index (χ1v) is 3.79. The minimum Gasteiger partial charge on any atom is -0.308 e. The summed E-state index contributed by atoms with van der Waals surface area (Å²) in [6, 6.07) is 0.358. The van der Waals surface area contributed by atoms with Gasteiger partial charge in [0.25, 0.3) is 0 Å². The van der Waals surface area contributed by atoms with Crippen LogP contribution in [0.25, 0.3) is 0 Å². The van der Waals surface area contributed by atoms with Crippen LogP contribution in [-0.2, 0) is 4.79 Å². The van der Waals surface area contributed by atoms with E-state index in [1.54, 1.807) is 0 Å². The largest absolute Gasteiger partial charge is 0.308 e. The van der Waals surface area contributed by atoms with Gasteiger partial charge >= 0.3 is 0 Å². The van der Waals surface area contributed by atoms with Crippen molar-refractivity contribution in [1.29, 1.82) is 0 Å². The standard InChI is InChI=1S/C8H15NO/c1-6-4-7(10)5-8(2,3)9-6/h6,9H,4-5H2,1-3H3/t6-/m1/s1. The second-order valence-electron chi connectivity index (χ2n) is 3.85. The van der Waals surface area contributed by atoms with Crippen LogP contribution in [0.2, 0.25) is 0 Å². The predicted molar refractivity (Wildman–Crippen MR) is 40.9 cm³/mol. The molecule has 1 saturated heterocycles. The first-order valence-electron chi connectivity index (χ1n) is 3.79. The molecule has 0 saturated carbocycles. The molecule has 1 heterocycles. The highest BCUT2D eigenvalue weighted by Gasteiger charge is 2.29. The molecule has 0 unspecified atom stereocenters. The Morgan fingerprint density at radius 1 is 1.60 bits per heavy atom. The van der Waals surface area contributed by atoms with Gasteiger partial charge in [-0.3, -0.25) is 4.79 Å². The Labute approximate surface area is 62.0 Å². The molecule has 1 N–H and O–H groups in total. The van der Waals surface area contributed by atoms with E-state index < -0.39 is 0 Å². The van der Waals surface area contributed by atoms with Gasteiger partial charge in [-0.15, -0.1) is 0 Å². The van der Waals surface area contributed by atoms with Crippen molar-refractivity contribution in [3.8, 4) is 0 Å². The van der Waals surface area contributed by atoms with Crippen LogP contribution in [0.5, 0.6) is 0 Å². The number of carbonyl (C=O) groups excluding carboxylic acids is 1. The fourth-order valence-electron chi connectivity index (χ4n) is 1.68. The van der Waals surface area contributed by atoms with Crippen molar-refractivity contribution < 1.29 is 4.79 Å². The van der Waals surface area contributed by atoms with Crippen LogP contribution in [0.4, 0.5) is 0 Å². The minimum absolute atomic E-state index is 0.0226. The average molecular weight is 141 g/mol. The summed E-state index contributed by atoms with van der Waals surface area (Å²) in [5.41, 5.74) is 0.0226. The van der Waals surface area contributed by atoms with Gasteiger partial charge in [0.05, 0.1) is 0 Å². The van der Waals surface area contributed by atoms with Crippen molar-refractivity contribution in [2.75, 3.05) is 0 Å². The number of Topliss-reactive ketones (excluding diaryl/α,β-unsaturated/α-hetero) is 1. The Morgan fingerprint density at radius 2 is 2.20 bits per heavy atom. The molecule has 1 atom stereocenters. The second-order valence-corrected chi connectivity index (χ2v) is 3.85. The van der Waals surface area contributed by atoms with Gasteiger partial charge < -0.3 is 5.32 Å². The first kappa shape index (κ1) is 7.73. The molecule has 0 radical (unpaired) electrons. The minimum atomic E-state index is 0.0226. The Balaban J connectivity index is 2.59. The number of nitrogens with one attached hydrogen (secondary N) is 1. The summed E-state index contributed by atoms with van der Waals surface area (Å²) in [7, 11) is 0. The maximum Gasteiger partial charge on any atom is 0.136 e. The summed E-state index contributed by atoms with van der Waals surface area (Å²) in [5.74, 6) is 0.385. The smallest absolute Gasteiger partial charge is 0.136 e. The Morgan fingerprint density at radius 3 is 2.60 bits per heavy atom. The van der Waals surface area contributed by atoms with Crippen molar-refractivity contribution in [3.63, 3.8) is 0 Å². The molecule has 1 fully saturated rings. The van der Waals surface area contributed by atoms with Crippen LogP contribution in [0.15, 0.2) is 0 Å². The van der Waals surface area contributed by atoms with Crippen LogP contribution >= 0.6 is 0 Å². The van der Waals surface area contributed by atoms with Crippen LogP contribution in [0, 0.1) is 0 Å². The maximum absolute atomic E-state index is 11.0. The predicted octanol–water partition coefficient (Wildman–Crippen LogP) is 1.11. The molecule has 1 aliphatic rings. The van der Waals surface area contributed by atoms with Crippen LogP contribution in [-0.4, -0.2) is 17.4 Å². The van der Waals surface area contributed by atoms with Crippen LogP contribution in [0.1, 0.15) is 33.6 Å². The Hall–Kier alpha value is -0.370. The lowest BCUT2D eigenvalue weighted by molar-refractivity contribution is -0.122. The van der Waals surface area contributed by atoms with E-state index in [0.717, 1.165) is 0 Å². The van der Waals surface area contributed by atoms with Gasteiger partial charge in [0.2, 0.25) is 0 Å². The topological polar surface area (TPSA) is 29.1 Å². The second kappa shape index (κ2) is 2.35. The molecular formula is C8H15NO. The fourth-order valence-corrected chi connectivity index (χ4v) is 1.68. The fraction of sp³-hybridized carbons (Fsp3) is 0.875. The van der Waals surface area contributed by atoms with Crippen molar-refractivity contribution in [3.05, 3.63) is 0 Å². The SMILES string of the molecule is C[C@@H]1CC(=O)CC(C)(C)N1. The van der Waals surface area contributed by atoms with E-state index in [-0.39, 0.29) is 5.54 Å². The zero-order valence-corrected chi connectivity index (χ0v) is 6.90. The Bertz CT molecular complexity index is 151. The number of hydrogen-bond acceptors (Lipinski definition) is 2. The molecule has 0 aromatic carbocycles. The molecule has 0 bridgehead atoms. The summed E-state index contributed by atoms with van der Waals surface area (Å²) in [5, 5.41) is 3.37. The summed E-state index contributed by atoms with van der Waals surface area (Å²) < 4.78 is 0. The van der Waals surface area contributed by atoms with Gasteiger partial charge in [0.15, 0.2) is 0 Å². The van der Waals surface area contributed by atoms with E-state index in [1.807, 2.05) is 0 Å². The van der Waals surface area contributed by atoms with Crippen LogP contribution in [0.3, 0.4) is 0 Å². The van der Waals surface area contributed by atoms with Crippen LogP contribution < -0.4 is 5.32 Å². The van der Waals surface area contributed by atoms with Crippen molar-refractivity contribution >= 4 is 5.78 Å². The van der Waals surface area contributed by atoms with E-state index in [4.69, 9.17) is 0 Å². The van der Waals surface area contributed by atoms with Crippen molar-refractivity contribution in [1.82, 2.24) is 5.32 Å². The zero-order valence-electron chi connectivity index (χ0n) is 6.90. The molecule has 58 valence electrons. The molecule has 2 nitrogen and oxygen atoms in total. The third-order valence-corrected chi connectivity index (χ3v) is 1.81. The van der Waals surface area contributed by atoms with E-state index in [0.29, 0.717) is 24.7 Å². The highest BCUT2D eigenvalue weighted by Crippen LogP contribution is 2.17. The maximum atomic E-state index is 11.0. The summed E-state index contributed by atoms with van der Waals surface area (Å²) in [4.78, 5) is 11.0. The molecule has 0 aromatic rings. The Kier molecular flexibility index (Phi) is 1.82. The van der Waals surface area contributed by atoms with E-state index >= 15 is 0 Å². The van der Waals surface area contributed by atoms with Crippen molar-refractivity contribution in [2.24, 2.45) is 0 Å². The number of piperidine rings is 1. The monoisotopic (exact) mass is 141 g/mol. The summed E-state index contributed by atoms with van der Waals surface area (Å²) in [6.07, 6.45) is 1.38. The third-order valence-electron chi connectivity index (χ3n) is 1.81. The van der Waals surface area contributed by atoms with Gasteiger partial charge in [0, 0.05) is 24.4 Å². The lowest BCUT2D eigenvalue weighted by atomic mass is 9.89. The summed E-state index contributed by atoms with van der Waals surface area (Å²) >= 11 is 0. The number of ketones is 1. The lowest BCUT2D eigenvalue weighted by Crippen LogP contribution is -2.51. The van der Waals surface area contributed by atoms with Gasteiger partial charge in [-0.25, -0.2) is 0 Å². The average Bonchev–Trinajstić information content (AvgIpc) is 1.54. The van der Waals surface area contributed by atoms with Gasteiger partial charge in [-0.05, 0) is 20.8 Å². The molecule has 0 spiro atoms. The van der Waals surface area contributed by atoms with E-state index in [2.05, 4.69) is 26.1 Å². The van der Waals surface area contributed by atoms with E-state index in [1.165, 1.54) is 0 Å². The molecule has 10 heavy (non-hydrogen) atoms. The number of rotatable bonds is 0. The third kappa shape index (κ3) is 1.81. The van der Waals surface area contributed by atoms with Crippen molar-refractivity contribution in [2.45, 2.75) is 45.2 Å². The highest BCUT2D eigenvalue weighted by atomic mass is 16.1. The molecular weight excluding hydrogens is 126 g/mol.